The molecule has 0 aliphatic carbocycles. The summed E-state index contributed by atoms with van der Waals surface area (Å²) in [5, 5.41) is 4.20. The van der Waals surface area contributed by atoms with Crippen molar-refractivity contribution in [2.75, 3.05) is 12.3 Å². The van der Waals surface area contributed by atoms with E-state index in [2.05, 4.69) is 5.32 Å². The minimum Gasteiger partial charge on any atom is -0.354 e. The summed E-state index contributed by atoms with van der Waals surface area (Å²) in [5.74, 6) is 0.669. The van der Waals surface area contributed by atoms with Crippen LogP contribution in [0.15, 0.2) is 48.5 Å². The molecule has 4 nitrogen and oxygen atoms in total. The molecule has 0 fully saturated rings. The molecular formula is C22H26Cl2N2O2S. The Balaban J connectivity index is 2.05. The molecule has 0 bridgehead atoms. The highest BCUT2D eigenvalue weighted by molar-refractivity contribution is 7.99. The van der Waals surface area contributed by atoms with Gasteiger partial charge in [-0.25, -0.2) is 0 Å². The molecule has 0 aromatic heterocycles. The Labute approximate surface area is 187 Å². The highest BCUT2D eigenvalue weighted by atomic mass is 35.5. The number of carbonyl (C=O) groups is 2. The zero-order chi connectivity index (χ0) is 21.2. The first-order valence-electron chi connectivity index (χ1n) is 9.55. The number of hydrogen-bond donors (Lipinski definition) is 1. The van der Waals surface area contributed by atoms with Crippen LogP contribution in [0.2, 0.25) is 10.0 Å². The summed E-state index contributed by atoms with van der Waals surface area (Å²) in [6, 6.07) is 14.3. The first kappa shape index (κ1) is 23.6. The maximum Gasteiger partial charge on any atom is 0.242 e. The molecule has 7 heteroatoms. The maximum atomic E-state index is 13.0. The fourth-order valence-electron chi connectivity index (χ4n) is 2.71. The van der Waals surface area contributed by atoms with Crippen LogP contribution in [0.4, 0.5) is 0 Å². The van der Waals surface area contributed by atoms with Crippen LogP contribution in [0.3, 0.4) is 0 Å². The molecule has 156 valence electrons. The Kier molecular flexibility index (Phi) is 9.85. The van der Waals surface area contributed by atoms with Crippen molar-refractivity contribution in [1.82, 2.24) is 10.2 Å². The van der Waals surface area contributed by atoms with E-state index in [9.17, 15) is 9.59 Å². The first-order chi connectivity index (χ1) is 13.9. The van der Waals surface area contributed by atoms with Gasteiger partial charge in [0, 0.05) is 28.9 Å². The van der Waals surface area contributed by atoms with E-state index < -0.39 is 6.04 Å². The van der Waals surface area contributed by atoms with Crippen molar-refractivity contribution in [3.8, 4) is 0 Å². The number of benzene rings is 2. The molecule has 1 unspecified atom stereocenters. The average molecular weight is 453 g/mol. The number of thioether (sulfide) groups is 1. The molecule has 2 amide bonds. The van der Waals surface area contributed by atoms with Gasteiger partial charge in [0.15, 0.2) is 0 Å². The summed E-state index contributed by atoms with van der Waals surface area (Å²) in [7, 11) is 0. The molecular weight excluding hydrogens is 427 g/mol. The van der Waals surface area contributed by atoms with E-state index in [1.807, 2.05) is 43.3 Å². The van der Waals surface area contributed by atoms with Crippen molar-refractivity contribution in [2.45, 2.75) is 38.6 Å². The minimum atomic E-state index is -0.564. The third-order valence-corrected chi connectivity index (χ3v) is 6.01. The zero-order valence-electron chi connectivity index (χ0n) is 16.7. The van der Waals surface area contributed by atoms with Crippen molar-refractivity contribution in [3.63, 3.8) is 0 Å². The van der Waals surface area contributed by atoms with Gasteiger partial charge >= 0.3 is 0 Å². The lowest BCUT2D eigenvalue weighted by Gasteiger charge is -2.28. The predicted octanol–water partition coefficient (Wildman–Crippen LogP) is 5.17. The molecule has 1 N–H and O–H groups in total. The van der Waals surface area contributed by atoms with Crippen molar-refractivity contribution in [3.05, 3.63) is 69.7 Å². The summed E-state index contributed by atoms with van der Waals surface area (Å²) in [6.45, 7) is 4.70. The monoisotopic (exact) mass is 452 g/mol. The number of amides is 2. The molecule has 0 saturated heterocycles. The largest absolute Gasteiger partial charge is 0.354 e. The fraction of sp³-hybridized carbons (Fsp3) is 0.364. The van der Waals surface area contributed by atoms with E-state index in [4.69, 9.17) is 23.2 Å². The predicted molar refractivity (Wildman–Crippen MR) is 122 cm³/mol. The Hall–Kier alpha value is -1.69. The number of rotatable bonds is 10. The van der Waals surface area contributed by atoms with Gasteiger partial charge in [0.2, 0.25) is 11.8 Å². The summed E-state index contributed by atoms with van der Waals surface area (Å²) in [5.41, 5.74) is 1.92. The normalized spacial score (nSPS) is 11.7. The van der Waals surface area contributed by atoms with Gasteiger partial charge in [-0.3, -0.25) is 9.59 Å². The maximum absolute atomic E-state index is 13.0. The number of hydrogen-bond acceptors (Lipinski definition) is 3. The van der Waals surface area contributed by atoms with E-state index in [0.717, 1.165) is 17.5 Å². The van der Waals surface area contributed by atoms with Crippen molar-refractivity contribution in [1.29, 1.82) is 0 Å². The van der Waals surface area contributed by atoms with E-state index in [1.165, 1.54) is 11.8 Å². The molecule has 0 aliphatic rings. The first-order valence-corrected chi connectivity index (χ1v) is 11.5. The molecule has 1 atom stereocenters. The number of nitrogens with one attached hydrogen (secondary N) is 1. The van der Waals surface area contributed by atoms with Gasteiger partial charge in [-0.05, 0) is 42.7 Å². The Morgan fingerprint density at radius 1 is 1.10 bits per heavy atom. The smallest absolute Gasteiger partial charge is 0.242 e. The lowest BCUT2D eigenvalue weighted by molar-refractivity contribution is -0.138. The van der Waals surface area contributed by atoms with E-state index in [0.29, 0.717) is 28.9 Å². The van der Waals surface area contributed by atoms with Gasteiger partial charge in [0.05, 0.1) is 5.75 Å². The molecule has 2 aromatic rings. The number of carbonyl (C=O) groups excluding carboxylic acids is 2. The second kappa shape index (κ2) is 12.1. The fourth-order valence-corrected chi connectivity index (χ4v) is 4.03. The number of nitrogens with zero attached hydrogens (tertiary/aromatic N) is 1. The standard InChI is InChI=1S/C22H26Cl2N2O2S/c1-3-12-25-22(28)16(2)26(13-17-8-10-19(23)11-9-17)21(27)15-29-14-18-6-4-5-7-20(18)24/h4-11,16H,3,12-15H2,1-2H3,(H,25,28). The second-order valence-corrected chi connectivity index (χ2v) is 8.53. The lowest BCUT2D eigenvalue weighted by Crippen LogP contribution is -2.48. The van der Waals surface area contributed by atoms with Crippen LogP contribution >= 0.6 is 35.0 Å². The quantitative estimate of drug-likeness (QED) is 0.540. The number of halogens is 2. The van der Waals surface area contributed by atoms with Crippen LogP contribution in [-0.4, -0.2) is 35.1 Å². The molecule has 0 radical (unpaired) electrons. The Morgan fingerprint density at radius 2 is 1.79 bits per heavy atom. The van der Waals surface area contributed by atoms with Crippen LogP contribution < -0.4 is 5.32 Å². The molecule has 2 rings (SSSR count). The summed E-state index contributed by atoms with van der Waals surface area (Å²) < 4.78 is 0. The molecule has 29 heavy (non-hydrogen) atoms. The molecule has 0 heterocycles. The van der Waals surface area contributed by atoms with Gasteiger partial charge in [-0.15, -0.1) is 11.8 Å². The van der Waals surface area contributed by atoms with Crippen LogP contribution in [-0.2, 0) is 21.9 Å². The second-order valence-electron chi connectivity index (χ2n) is 6.70. The van der Waals surface area contributed by atoms with Crippen LogP contribution in [0.1, 0.15) is 31.4 Å². The highest BCUT2D eigenvalue weighted by Crippen LogP contribution is 2.22. The van der Waals surface area contributed by atoms with Gasteiger partial charge in [0.25, 0.3) is 0 Å². The van der Waals surface area contributed by atoms with Crippen molar-refractivity contribution < 1.29 is 9.59 Å². The third kappa shape index (κ3) is 7.57. The molecule has 2 aromatic carbocycles. The van der Waals surface area contributed by atoms with E-state index in [-0.39, 0.29) is 17.6 Å². The van der Waals surface area contributed by atoms with Crippen LogP contribution in [0.25, 0.3) is 0 Å². The van der Waals surface area contributed by atoms with Crippen molar-refractivity contribution in [2.24, 2.45) is 0 Å². The van der Waals surface area contributed by atoms with Gasteiger partial charge < -0.3 is 10.2 Å². The SMILES string of the molecule is CCCNC(=O)C(C)N(Cc1ccc(Cl)cc1)C(=O)CSCc1ccccc1Cl. The third-order valence-electron chi connectivity index (χ3n) is 4.42. The summed E-state index contributed by atoms with van der Waals surface area (Å²) >= 11 is 13.6. The molecule has 0 spiro atoms. The Morgan fingerprint density at radius 3 is 2.45 bits per heavy atom. The van der Waals surface area contributed by atoms with Crippen LogP contribution in [0, 0.1) is 0 Å². The van der Waals surface area contributed by atoms with Crippen molar-refractivity contribution >= 4 is 46.8 Å². The zero-order valence-corrected chi connectivity index (χ0v) is 19.0. The lowest BCUT2D eigenvalue weighted by atomic mass is 10.1. The molecule has 0 saturated carbocycles. The summed E-state index contributed by atoms with van der Waals surface area (Å²) in [4.78, 5) is 27.1. The van der Waals surface area contributed by atoms with E-state index in [1.54, 1.807) is 24.0 Å². The van der Waals surface area contributed by atoms with Gasteiger partial charge in [-0.1, -0.05) is 60.5 Å². The van der Waals surface area contributed by atoms with Gasteiger partial charge in [0.1, 0.15) is 6.04 Å². The minimum absolute atomic E-state index is 0.0869. The topological polar surface area (TPSA) is 49.4 Å². The average Bonchev–Trinajstić information content (AvgIpc) is 2.72. The Bertz CT molecular complexity index is 815. The van der Waals surface area contributed by atoms with Gasteiger partial charge in [-0.2, -0.15) is 0 Å². The van der Waals surface area contributed by atoms with E-state index >= 15 is 0 Å². The highest BCUT2D eigenvalue weighted by Gasteiger charge is 2.25. The molecule has 0 aliphatic heterocycles. The van der Waals surface area contributed by atoms with Crippen LogP contribution in [0.5, 0.6) is 0 Å². The summed E-state index contributed by atoms with van der Waals surface area (Å²) in [6.07, 6.45) is 0.845.